The van der Waals surface area contributed by atoms with Crippen LogP contribution in [0.15, 0.2) is 24.3 Å². The zero-order valence-electron chi connectivity index (χ0n) is 16.1. The van der Waals surface area contributed by atoms with Gasteiger partial charge in [0.1, 0.15) is 0 Å². The highest BCUT2D eigenvalue weighted by Crippen LogP contribution is 2.28. The van der Waals surface area contributed by atoms with Crippen molar-refractivity contribution in [1.82, 2.24) is 9.80 Å². The number of anilines is 1. The van der Waals surface area contributed by atoms with Crippen molar-refractivity contribution in [2.24, 2.45) is 0 Å². The van der Waals surface area contributed by atoms with E-state index in [0.29, 0.717) is 24.8 Å². The van der Waals surface area contributed by atoms with Crippen molar-refractivity contribution in [3.63, 3.8) is 0 Å². The van der Waals surface area contributed by atoms with Crippen LogP contribution in [-0.2, 0) is 16.0 Å². The molecule has 5 nitrogen and oxygen atoms in total. The van der Waals surface area contributed by atoms with Gasteiger partial charge in [-0.1, -0.05) is 18.2 Å². The molecule has 5 heteroatoms. The van der Waals surface area contributed by atoms with Crippen molar-refractivity contribution in [2.75, 3.05) is 44.2 Å². The van der Waals surface area contributed by atoms with E-state index in [1.165, 1.54) is 18.4 Å². The number of fused-ring (bicyclic) bond motifs is 1. The fourth-order valence-electron chi connectivity index (χ4n) is 4.90. The molecule has 0 bridgehead atoms. The lowest BCUT2D eigenvalue weighted by Gasteiger charge is -2.38. The molecule has 3 aliphatic heterocycles. The molecule has 1 aromatic rings. The van der Waals surface area contributed by atoms with Crippen LogP contribution >= 0.6 is 0 Å². The van der Waals surface area contributed by atoms with Gasteiger partial charge < -0.3 is 9.64 Å². The van der Waals surface area contributed by atoms with E-state index in [1.54, 1.807) is 0 Å². The van der Waals surface area contributed by atoms with Crippen molar-refractivity contribution in [1.29, 1.82) is 0 Å². The number of carbonyl (C=O) groups is 1. The second-order valence-corrected chi connectivity index (χ2v) is 8.17. The van der Waals surface area contributed by atoms with Gasteiger partial charge >= 0.3 is 0 Å². The summed E-state index contributed by atoms with van der Waals surface area (Å²) in [6, 6.07) is 8.81. The van der Waals surface area contributed by atoms with E-state index in [1.807, 2.05) is 11.0 Å². The standard InChI is InChI=1S/C21H31N3O2/c1-16-12-22(13-17(2)26-16)14-19-7-5-10-23(19)15-21(25)24-11-9-18-6-3-4-8-20(18)24/h3-4,6,8,16-17,19H,5,7,9-15H2,1-2H3. The Morgan fingerprint density at radius 2 is 1.92 bits per heavy atom. The average Bonchev–Trinajstić information content (AvgIpc) is 3.21. The van der Waals surface area contributed by atoms with Gasteiger partial charge in [0.05, 0.1) is 18.8 Å². The van der Waals surface area contributed by atoms with Crippen LogP contribution in [0.4, 0.5) is 5.69 Å². The summed E-state index contributed by atoms with van der Waals surface area (Å²) in [4.78, 5) is 19.9. The number of benzene rings is 1. The van der Waals surface area contributed by atoms with Gasteiger partial charge in [0, 0.05) is 37.9 Å². The summed E-state index contributed by atoms with van der Waals surface area (Å²) in [5.74, 6) is 0.255. The molecule has 0 aromatic heterocycles. The Balaban J connectivity index is 1.36. The lowest BCUT2D eigenvalue weighted by atomic mass is 10.1. The Morgan fingerprint density at radius 3 is 2.73 bits per heavy atom. The van der Waals surface area contributed by atoms with Crippen LogP contribution < -0.4 is 4.90 Å². The highest BCUT2D eigenvalue weighted by Gasteiger charge is 2.33. The van der Waals surface area contributed by atoms with Gasteiger partial charge in [-0.15, -0.1) is 0 Å². The van der Waals surface area contributed by atoms with Crippen molar-refractivity contribution < 1.29 is 9.53 Å². The third kappa shape index (κ3) is 3.80. The molecule has 4 rings (SSSR count). The van der Waals surface area contributed by atoms with E-state index in [2.05, 4.69) is 41.8 Å². The molecule has 2 saturated heterocycles. The second kappa shape index (κ2) is 7.67. The topological polar surface area (TPSA) is 36.0 Å². The molecular formula is C21H31N3O2. The van der Waals surface area contributed by atoms with Crippen molar-refractivity contribution in [2.45, 2.75) is 51.4 Å². The third-order valence-corrected chi connectivity index (χ3v) is 5.99. The zero-order chi connectivity index (χ0) is 18.1. The largest absolute Gasteiger partial charge is 0.373 e. The van der Waals surface area contributed by atoms with Gasteiger partial charge in [0.25, 0.3) is 0 Å². The normalized spacial score (nSPS) is 29.9. The second-order valence-electron chi connectivity index (χ2n) is 8.17. The molecule has 142 valence electrons. The van der Waals surface area contributed by atoms with Crippen LogP contribution in [0.2, 0.25) is 0 Å². The third-order valence-electron chi connectivity index (χ3n) is 5.99. The smallest absolute Gasteiger partial charge is 0.241 e. The predicted molar refractivity (Wildman–Crippen MR) is 104 cm³/mol. The molecule has 0 saturated carbocycles. The van der Waals surface area contributed by atoms with E-state index < -0.39 is 0 Å². The number of carbonyl (C=O) groups excluding carboxylic acids is 1. The van der Waals surface area contributed by atoms with E-state index >= 15 is 0 Å². The number of hydrogen-bond acceptors (Lipinski definition) is 4. The number of para-hydroxylation sites is 1. The fraction of sp³-hybridized carbons (Fsp3) is 0.667. The first-order valence-corrected chi connectivity index (χ1v) is 10.1. The molecule has 3 unspecified atom stereocenters. The number of morpholine rings is 1. The van der Waals surface area contributed by atoms with E-state index in [-0.39, 0.29) is 5.91 Å². The Labute approximate surface area is 156 Å². The predicted octanol–water partition coefficient (Wildman–Crippen LogP) is 2.15. The van der Waals surface area contributed by atoms with Crippen LogP contribution in [0.25, 0.3) is 0 Å². The molecule has 2 fully saturated rings. The molecular weight excluding hydrogens is 326 g/mol. The number of rotatable bonds is 4. The number of nitrogens with zero attached hydrogens (tertiary/aromatic N) is 3. The average molecular weight is 357 g/mol. The highest BCUT2D eigenvalue weighted by atomic mass is 16.5. The maximum absolute atomic E-state index is 13.0. The first-order valence-electron chi connectivity index (χ1n) is 10.1. The maximum Gasteiger partial charge on any atom is 0.241 e. The molecule has 1 amide bonds. The van der Waals surface area contributed by atoms with Gasteiger partial charge in [-0.2, -0.15) is 0 Å². The Morgan fingerprint density at radius 1 is 1.15 bits per heavy atom. The lowest BCUT2D eigenvalue weighted by Crippen LogP contribution is -2.51. The molecule has 3 atom stereocenters. The summed E-state index contributed by atoms with van der Waals surface area (Å²) >= 11 is 0. The summed E-state index contributed by atoms with van der Waals surface area (Å²) in [6.45, 7) is 9.80. The molecule has 26 heavy (non-hydrogen) atoms. The van der Waals surface area contributed by atoms with Crippen LogP contribution in [0.1, 0.15) is 32.3 Å². The molecule has 3 aliphatic rings. The monoisotopic (exact) mass is 357 g/mol. The minimum atomic E-state index is 0.255. The number of ether oxygens (including phenoxy) is 1. The molecule has 0 radical (unpaired) electrons. The molecule has 0 aliphatic carbocycles. The van der Waals surface area contributed by atoms with Gasteiger partial charge in [-0.25, -0.2) is 0 Å². The van der Waals surface area contributed by atoms with E-state index in [9.17, 15) is 4.79 Å². The quantitative estimate of drug-likeness (QED) is 0.827. The number of hydrogen-bond donors (Lipinski definition) is 0. The number of likely N-dealkylation sites (tertiary alicyclic amines) is 1. The minimum absolute atomic E-state index is 0.255. The molecule has 1 aromatic carbocycles. The summed E-state index contributed by atoms with van der Waals surface area (Å²) in [5.41, 5.74) is 2.42. The van der Waals surface area contributed by atoms with Gasteiger partial charge in [-0.3, -0.25) is 14.6 Å². The first kappa shape index (κ1) is 18.0. The van der Waals surface area contributed by atoms with E-state index in [4.69, 9.17) is 4.74 Å². The van der Waals surface area contributed by atoms with Gasteiger partial charge in [0.15, 0.2) is 0 Å². The maximum atomic E-state index is 13.0. The summed E-state index contributed by atoms with van der Waals surface area (Å²) in [5, 5.41) is 0. The summed E-state index contributed by atoms with van der Waals surface area (Å²) in [6.07, 6.45) is 3.98. The van der Waals surface area contributed by atoms with Crippen LogP contribution in [0, 0.1) is 0 Å². The SMILES string of the molecule is CC1CN(CC2CCCN2CC(=O)N2CCc3ccccc32)CC(C)O1. The Kier molecular flexibility index (Phi) is 5.30. The van der Waals surface area contributed by atoms with Crippen LogP contribution in [0.5, 0.6) is 0 Å². The molecule has 0 spiro atoms. The van der Waals surface area contributed by atoms with Gasteiger partial charge in [0.2, 0.25) is 5.91 Å². The summed E-state index contributed by atoms with van der Waals surface area (Å²) < 4.78 is 5.86. The van der Waals surface area contributed by atoms with Crippen molar-refractivity contribution >= 4 is 11.6 Å². The summed E-state index contributed by atoms with van der Waals surface area (Å²) in [7, 11) is 0. The fourth-order valence-corrected chi connectivity index (χ4v) is 4.90. The van der Waals surface area contributed by atoms with Crippen molar-refractivity contribution in [3.05, 3.63) is 29.8 Å². The van der Waals surface area contributed by atoms with Crippen LogP contribution in [-0.4, -0.2) is 73.2 Å². The van der Waals surface area contributed by atoms with E-state index in [0.717, 1.165) is 44.8 Å². The zero-order valence-corrected chi connectivity index (χ0v) is 16.1. The molecule has 0 N–H and O–H groups in total. The lowest BCUT2D eigenvalue weighted by molar-refractivity contribution is -0.120. The van der Waals surface area contributed by atoms with Gasteiger partial charge in [-0.05, 0) is 51.3 Å². The number of amides is 1. The highest BCUT2D eigenvalue weighted by molar-refractivity contribution is 5.96. The van der Waals surface area contributed by atoms with Crippen molar-refractivity contribution in [3.8, 4) is 0 Å². The first-order chi connectivity index (χ1) is 12.6. The molecule has 3 heterocycles. The Bertz CT molecular complexity index is 640. The Hall–Kier alpha value is -1.43. The van der Waals surface area contributed by atoms with Crippen LogP contribution in [0.3, 0.4) is 0 Å². The minimum Gasteiger partial charge on any atom is -0.373 e.